The van der Waals surface area contributed by atoms with Crippen LogP contribution in [-0.4, -0.2) is 0 Å². The molecule has 0 heterocycles. The van der Waals surface area contributed by atoms with E-state index in [1.165, 1.54) is 12.8 Å². The van der Waals surface area contributed by atoms with Crippen LogP contribution in [0.4, 0.5) is 0 Å². The maximum absolute atomic E-state index is 3.90. The minimum absolute atomic E-state index is 0. The van der Waals surface area contributed by atoms with Crippen LogP contribution in [0.1, 0.15) is 26.7 Å². The molecule has 0 aliphatic heterocycles. The Morgan fingerprint density at radius 2 is 1.87 bits per heavy atom. The molecule has 3 fully saturated rings. The average Bonchev–Trinajstić information content (AvgIpc) is 2.63. The second-order valence-corrected chi connectivity index (χ2v) is 5.87. The van der Waals surface area contributed by atoms with Crippen LogP contribution in [0, 0.1) is 41.4 Å². The molecule has 4 rings (SSSR count). The monoisotopic (exact) mass is 202 g/mol. The minimum Gasteiger partial charge on any atom is -0.103 e. The van der Waals surface area contributed by atoms with Gasteiger partial charge in [0.05, 0.1) is 0 Å². The van der Waals surface area contributed by atoms with E-state index < -0.39 is 0 Å². The first-order valence-corrected chi connectivity index (χ1v) is 6.19. The van der Waals surface area contributed by atoms with Gasteiger partial charge in [-0.2, -0.15) is 0 Å². The van der Waals surface area contributed by atoms with E-state index in [4.69, 9.17) is 0 Å². The molecule has 0 amide bonds. The van der Waals surface area contributed by atoms with E-state index in [-0.39, 0.29) is 7.43 Å². The molecule has 82 valence electrons. The van der Waals surface area contributed by atoms with Crippen LogP contribution < -0.4 is 0 Å². The Balaban J connectivity index is 0.000000722. The van der Waals surface area contributed by atoms with Gasteiger partial charge in [-0.15, -0.1) is 6.58 Å². The number of fused-ring (bicyclic) bond motifs is 8. The van der Waals surface area contributed by atoms with E-state index in [1.54, 1.807) is 6.42 Å². The molecule has 0 spiro atoms. The van der Waals surface area contributed by atoms with Crippen LogP contribution in [0.5, 0.6) is 0 Å². The Labute approximate surface area is 93.5 Å². The van der Waals surface area contributed by atoms with Crippen LogP contribution in [0.3, 0.4) is 0 Å². The van der Waals surface area contributed by atoms with E-state index in [1.807, 2.05) is 0 Å². The molecule has 0 aromatic heterocycles. The summed E-state index contributed by atoms with van der Waals surface area (Å²) in [6.07, 6.45) is 11.5. The summed E-state index contributed by atoms with van der Waals surface area (Å²) in [4.78, 5) is 0. The molecular weight excluding hydrogens is 180 g/mol. The number of hydrogen-bond acceptors (Lipinski definition) is 0. The highest BCUT2D eigenvalue weighted by Gasteiger charge is 2.65. The topological polar surface area (TPSA) is 0 Å². The Hall–Kier alpha value is -0.520. The smallest absolute Gasteiger partial charge is 0.0133 e. The van der Waals surface area contributed by atoms with Crippen molar-refractivity contribution >= 4 is 0 Å². The van der Waals surface area contributed by atoms with Crippen LogP contribution in [0.25, 0.3) is 0 Å². The van der Waals surface area contributed by atoms with Crippen LogP contribution in [0.15, 0.2) is 24.8 Å². The molecule has 7 unspecified atom stereocenters. The third-order valence-electron chi connectivity index (χ3n) is 5.63. The maximum Gasteiger partial charge on any atom is -0.0133 e. The molecule has 7 atom stereocenters. The van der Waals surface area contributed by atoms with Crippen molar-refractivity contribution in [2.45, 2.75) is 26.7 Å². The highest BCUT2D eigenvalue weighted by molar-refractivity contribution is 5.27. The van der Waals surface area contributed by atoms with Crippen molar-refractivity contribution in [2.75, 3.05) is 0 Å². The lowest BCUT2D eigenvalue weighted by molar-refractivity contribution is -0.0441. The first-order chi connectivity index (χ1) is 6.90. The van der Waals surface area contributed by atoms with E-state index in [0.717, 1.165) is 41.4 Å². The van der Waals surface area contributed by atoms with Gasteiger partial charge in [-0.05, 0) is 60.7 Å². The van der Waals surface area contributed by atoms with Crippen LogP contribution in [0.2, 0.25) is 0 Å². The fraction of sp³-hybridized carbons (Fsp3) is 0.733. The van der Waals surface area contributed by atoms with Gasteiger partial charge in [-0.25, -0.2) is 0 Å². The summed E-state index contributed by atoms with van der Waals surface area (Å²) in [5.41, 5.74) is 0. The van der Waals surface area contributed by atoms with Crippen molar-refractivity contribution in [2.24, 2.45) is 41.4 Å². The number of hydrogen-bond donors (Lipinski definition) is 0. The molecule has 0 radical (unpaired) electrons. The first kappa shape index (κ1) is 9.69. The quantitative estimate of drug-likeness (QED) is 0.596. The molecule has 0 heteroatoms. The molecule has 2 bridgehead atoms. The number of allylic oxidation sites excluding steroid dienone is 3. The summed E-state index contributed by atoms with van der Waals surface area (Å²) in [6.45, 7) is 3.90. The molecule has 0 N–H and O–H groups in total. The van der Waals surface area contributed by atoms with Crippen molar-refractivity contribution in [3.05, 3.63) is 24.8 Å². The zero-order valence-electron chi connectivity index (χ0n) is 8.60. The van der Waals surface area contributed by atoms with Gasteiger partial charge < -0.3 is 0 Å². The van der Waals surface area contributed by atoms with E-state index in [0.29, 0.717) is 0 Å². The van der Waals surface area contributed by atoms with Crippen molar-refractivity contribution in [3.8, 4) is 0 Å². The van der Waals surface area contributed by atoms with Gasteiger partial charge in [0.25, 0.3) is 0 Å². The van der Waals surface area contributed by atoms with E-state index >= 15 is 0 Å². The fourth-order valence-electron chi connectivity index (χ4n) is 5.18. The van der Waals surface area contributed by atoms with Gasteiger partial charge >= 0.3 is 0 Å². The third-order valence-corrected chi connectivity index (χ3v) is 5.63. The zero-order valence-corrected chi connectivity index (χ0v) is 8.60. The Kier molecular flexibility index (Phi) is 1.93. The van der Waals surface area contributed by atoms with Gasteiger partial charge in [0.15, 0.2) is 0 Å². The van der Waals surface area contributed by atoms with Crippen molar-refractivity contribution in [1.82, 2.24) is 0 Å². The van der Waals surface area contributed by atoms with E-state index in [2.05, 4.69) is 24.8 Å². The highest BCUT2D eigenvalue weighted by atomic mass is 14.7. The normalized spacial score (nSPS) is 57.2. The molecule has 0 aromatic carbocycles. The lowest BCUT2D eigenvalue weighted by Gasteiger charge is -2.58. The molecule has 15 heavy (non-hydrogen) atoms. The Bertz CT molecular complexity index is 314. The Morgan fingerprint density at radius 1 is 1.13 bits per heavy atom. The molecule has 4 aliphatic rings. The van der Waals surface area contributed by atoms with Crippen molar-refractivity contribution < 1.29 is 0 Å². The fourth-order valence-corrected chi connectivity index (χ4v) is 5.18. The second kappa shape index (κ2) is 2.99. The third kappa shape index (κ3) is 0.940. The van der Waals surface area contributed by atoms with Gasteiger partial charge in [0, 0.05) is 0 Å². The predicted octanol–water partition coefficient (Wildman–Crippen LogP) is 3.90. The van der Waals surface area contributed by atoms with Crippen LogP contribution in [-0.2, 0) is 0 Å². The number of rotatable bonds is 2. The molecule has 0 aromatic rings. The van der Waals surface area contributed by atoms with Gasteiger partial charge in [0.1, 0.15) is 0 Å². The highest BCUT2D eigenvalue weighted by Crippen LogP contribution is 2.71. The lowest BCUT2D eigenvalue weighted by atomic mass is 9.46. The lowest BCUT2D eigenvalue weighted by Crippen LogP contribution is -2.53. The van der Waals surface area contributed by atoms with Crippen LogP contribution >= 0.6 is 0 Å². The average molecular weight is 202 g/mol. The van der Waals surface area contributed by atoms with Gasteiger partial charge in [-0.1, -0.05) is 25.7 Å². The molecule has 3 saturated carbocycles. The van der Waals surface area contributed by atoms with Crippen molar-refractivity contribution in [1.29, 1.82) is 0 Å². The van der Waals surface area contributed by atoms with Gasteiger partial charge in [-0.3, -0.25) is 0 Å². The predicted molar refractivity (Wildman–Crippen MR) is 64.3 cm³/mol. The van der Waals surface area contributed by atoms with E-state index in [9.17, 15) is 0 Å². The standard InChI is InChI=1S/C14H18.CH4/c1-2-3-8-6-9-7-12(8)14-11-5-4-10(11)13(9)14;/h2,4-5,8-14H,1,3,6-7H2;1H4. The molecule has 4 aliphatic carbocycles. The second-order valence-electron chi connectivity index (χ2n) is 5.87. The Morgan fingerprint density at radius 3 is 2.53 bits per heavy atom. The van der Waals surface area contributed by atoms with Crippen molar-refractivity contribution in [3.63, 3.8) is 0 Å². The summed E-state index contributed by atoms with van der Waals surface area (Å²) in [5, 5.41) is 0. The van der Waals surface area contributed by atoms with Gasteiger partial charge in [0.2, 0.25) is 0 Å². The molecule has 0 saturated heterocycles. The summed E-state index contributed by atoms with van der Waals surface area (Å²) in [6, 6.07) is 0. The summed E-state index contributed by atoms with van der Waals surface area (Å²) in [7, 11) is 0. The maximum atomic E-state index is 3.90. The largest absolute Gasteiger partial charge is 0.103 e. The summed E-state index contributed by atoms with van der Waals surface area (Å²) < 4.78 is 0. The summed E-state index contributed by atoms with van der Waals surface area (Å²) >= 11 is 0. The summed E-state index contributed by atoms with van der Waals surface area (Å²) in [5.74, 6) is 7.45. The zero-order chi connectivity index (χ0) is 9.28. The SMILES string of the molecule is C.C=CCC1CC2CC1C1C3C=CC3C21. The molecular formula is C15H22. The minimum atomic E-state index is 0. The molecule has 0 nitrogen and oxygen atoms in total. The first-order valence-electron chi connectivity index (χ1n) is 6.19.